The molecule has 0 aliphatic rings. The van der Waals surface area contributed by atoms with E-state index in [-0.39, 0.29) is 5.88 Å². The summed E-state index contributed by atoms with van der Waals surface area (Å²) < 4.78 is 6.51. The van der Waals surface area contributed by atoms with Gasteiger partial charge in [-0.1, -0.05) is 17.7 Å². The summed E-state index contributed by atoms with van der Waals surface area (Å²) in [5, 5.41) is 0.618. The van der Waals surface area contributed by atoms with Crippen molar-refractivity contribution in [2.75, 3.05) is 0 Å². The second-order valence-electron chi connectivity index (χ2n) is 3.41. The van der Waals surface area contributed by atoms with Gasteiger partial charge in [0.2, 0.25) is 5.88 Å². The summed E-state index contributed by atoms with van der Waals surface area (Å²) in [7, 11) is 0. The fourth-order valence-electron chi connectivity index (χ4n) is 1.48. The largest absolute Gasteiger partial charge is 0.411 e. The predicted molar refractivity (Wildman–Crippen MR) is 63.5 cm³/mol. The van der Waals surface area contributed by atoms with Gasteiger partial charge in [0.05, 0.1) is 5.69 Å². The third-order valence-corrected chi connectivity index (χ3v) is 2.48. The van der Waals surface area contributed by atoms with E-state index in [2.05, 4.69) is 4.98 Å². The highest BCUT2D eigenvalue weighted by molar-refractivity contribution is 6.30. The summed E-state index contributed by atoms with van der Waals surface area (Å²) in [4.78, 5) is 14.6. The lowest BCUT2D eigenvalue weighted by molar-refractivity contribution is 0.209. The summed E-state index contributed by atoms with van der Waals surface area (Å²) in [6.45, 7) is 1.77. The van der Waals surface area contributed by atoms with Crippen LogP contribution >= 0.6 is 11.6 Å². The van der Waals surface area contributed by atoms with Crippen molar-refractivity contribution in [2.45, 2.75) is 6.92 Å². The van der Waals surface area contributed by atoms with Crippen LogP contribution in [0.15, 0.2) is 30.6 Å². The van der Waals surface area contributed by atoms with Gasteiger partial charge < -0.3 is 10.5 Å². The molecule has 1 aromatic heterocycles. The summed E-state index contributed by atoms with van der Waals surface area (Å²) in [6.07, 6.45) is 0.656. The summed E-state index contributed by atoms with van der Waals surface area (Å²) in [5.74, 6) is 0.192. The first-order chi connectivity index (χ1) is 8.08. The topological polar surface area (TPSA) is 70.1 Å². The molecule has 2 aromatic rings. The number of carbonyl (C=O) groups excluding carboxylic acids is 1. The molecule has 0 saturated carbocycles. The molecule has 2 rings (SSSR count). The first-order valence-electron chi connectivity index (χ1n) is 4.85. The molecule has 1 amide bonds. The van der Waals surface area contributed by atoms with Crippen molar-refractivity contribution >= 4 is 17.7 Å². The van der Waals surface area contributed by atoms with E-state index in [4.69, 9.17) is 22.1 Å². The van der Waals surface area contributed by atoms with Crippen LogP contribution in [0.2, 0.25) is 5.02 Å². The third kappa shape index (κ3) is 2.39. The molecule has 0 aliphatic heterocycles. The number of rotatable bonds is 2. The third-order valence-electron chi connectivity index (χ3n) is 2.24. The number of hydrogen-bond donors (Lipinski definition) is 1. The fourth-order valence-corrected chi connectivity index (χ4v) is 1.66. The number of amides is 1. The standard InChI is InChI=1S/C11H10ClN3O2/c1-7-10(17-11(13)16)14-6-15(7)9-4-2-3-8(12)5-9/h2-6H,1H3,(H2,13,16). The Morgan fingerprint density at radius 3 is 2.94 bits per heavy atom. The minimum Gasteiger partial charge on any atom is -0.389 e. The molecule has 0 bridgehead atoms. The van der Waals surface area contributed by atoms with Crippen LogP contribution in [0.4, 0.5) is 4.79 Å². The number of primary amides is 1. The number of aromatic nitrogens is 2. The molecular formula is C11H10ClN3O2. The maximum absolute atomic E-state index is 10.7. The Bertz CT molecular complexity index is 566. The van der Waals surface area contributed by atoms with E-state index in [0.29, 0.717) is 10.7 Å². The second kappa shape index (κ2) is 4.47. The van der Waals surface area contributed by atoms with Gasteiger partial charge in [0, 0.05) is 10.7 Å². The zero-order chi connectivity index (χ0) is 12.4. The molecule has 0 atom stereocenters. The van der Waals surface area contributed by atoms with Gasteiger partial charge in [0.15, 0.2) is 0 Å². The van der Waals surface area contributed by atoms with Gasteiger partial charge in [-0.3, -0.25) is 4.57 Å². The highest BCUT2D eigenvalue weighted by Crippen LogP contribution is 2.21. The van der Waals surface area contributed by atoms with Crippen molar-refractivity contribution in [3.05, 3.63) is 41.3 Å². The molecule has 88 valence electrons. The van der Waals surface area contributed by atoms with Crippen molar-refractivity contribution in [2.24, 2.45) is 5.73 Å². The number of ether oxygens (including phenoxy) is 1. The van der Waals surface area contributed by atoms with Crippen molar-refractivity contribution in [1.29, 1.82) is 0 Å². The molecule has 0 saturated heterocycles. The van der Waals surface area contributed by atoms with E-state index in [1.807, 2.05) is 12.1 Å². The molecule has 0 radical (unpaired) electrons. The lowest BCUT2D eigenvalue weighted by atomic mass is 10.3. The van der Waals surface area contributed by atoms with Crippen molar-refractivity contribution < 1.29 is 9.53 Å². The Morgan fingerprint density at radius 2 is 2.29 bits per heavy atom. The maximum Gasteiger partial charge on any atom is 0.411 e. The maximum atomic E-state index is 10.7. The highest BCUT2D eigenvalue weighted by Gasteiger charge is 2.11. The van der Waals surface area contributed by atoms with E-state index < -0.39 is 6.09 Å². The van der Waals surface area contributed by atoms with Crippen LogP contribution in [-0.2, 0) is 0 Å². The normalized spacial score (nSPS) is 10.2. The zero-order valence-corrected chi connectivity index (χ0v) is 9.81. The quantitative estimate of drug-likeness (QED) is 0.890. The molecule has 5 nitrogen and oxygen atoms in total. The molecule has 0 aliphatic carbocycles. The lowest BCUT2D eigenvalue weighted by Crippen LogP contribution is -2.17. The number of hydrogen-bond acceptors (Lipinski definition) is 3. The average Bonchev–Trinajstić information content (AvgIpc) is 2.60. The predicted octanol–water partition coefficient (Wildman–Crippen LogP) is 2.29. The van der Waals surface area contributed by atoms with E-state index in [0.717, 1.165) is 5.69 Å². The van der Waals surface area contributed by atoms with Crippen LogP contribution in [0.1, 0.15) is 5.69 Å². The molecule has 1 aromatic carbocycles. The van der Waals surface area contributed by atoms with Crippen LogP contribution in [-0.4, -0.2) is 15.6 Å². The number of nitrogens with two attached hydrogens (primary N) is 1. The summed E-state index contributed by atoms with van der Waals surface area (Å²) in [5.41, 5.74) is 6.44. The minimum absolute atomic E-state index is 0.192. The Hall–Kier alpha value is -2.01. The Labute approximate surface area is 103 Å². The van der Waals surface area contributed by atoms with Crippen LogP contribution in [0, 0.1) is 6.92 Å². The average molecular weight is 252 g/mol. The SMILES string of the molecule is Cc1c(OC(N)=O)ncn1-c1cccc(Cl)c1. The molecule has 0 fully saturated rings. The van der Waals surface area contributed by atoms with Crippen molar-refractivity contribution in [1.82, 2.24) is 9.55 Å². The van der Waals surface area contributed by atoms with Gasteiger partial charge in [-0.2, -0.15) is 0 Å². The van der Waals surface area contributed by atoms with Gasteiger partial charge in [0.25, 0.3) is 0 Å². The van der Waals surface area contributed by atoms with Crippen LogP contribution < -0.4 is 10.5 Å². The second-order valence-corrected chi connectivity index (χ2v) is 3.84. The van der Waals surface area contributed by atoms with Gasteiger partial charge in [-0.15, -0.1) is 0 Å². The van der Waals surface area contributed by atoms with Crippen LogP contribution in [0.5, 0.6) is 5.88 Å². The van der Waals surface area contributed by atoms with E-state index in [1.165, 1.54) is 0 Å². The van der Waals surface area contributed by atoms with Gasteiger partial charge in [0.1, 0.15) is 6.33 Å². The van der Waals surface area contributed by atoms with Crippen LogP contribution in [0.25, 0.3) is 5.69 Å². The lowest BCUT2D eigenvalue weighted by Gasteiger charge is -2.05. The number of nitrogens with zero attached hydrogens (tertiary/aromatic N) is 2. The van der Waals surface area contributed by atoms with E-state index in [9.17, 15) is 4.79 Å². The fraction of sp³-hybridized carbons (Fsp3) is 0.0909. The zero-order valence-electron chi connectivity index (χ0n) is 9.05. The Morgan fingerprint density at radius 1 is 1.53 bits per heavy atom. The van der Waals surface area contributed by atoms with Crippen LogP contribution in [0.3, 0.4) is 0 Å². The molecule has 2 N–H and O–H groups in total. The number of carbonyl (C=O) groups is 1. The summed E-state index contributed by atoms with van der Waals surface area (Å²) in [6, 6.07) is 7.25. The minimum atomic E-state index is -0.885. The first-order valence-corrected chi connectivity index (χ1v) is 5.23. The molecular weight excluding hydrogens is 242 g/mol. The van der Waals surface area contributed by atoms with Crippen molar-refractivity contribution in [3.63, 3.8) is 0 Å². The smallest absolute Gasteiger partial charge is 0.389 e. The molecule has 1 heterocycles. The number of halogens is 1. The molecule has 6 heteroatoms. The molecule has 0 spiro atoms. The van der Waals surface area contributed by atoms with Gasteiger partial charge in [-0.25, -0.2) is 9.78 Å². The van der Waals surface area contributed by atoms with Gasteiger partial charge in [-0.05, 0) is 25.1 Å². The summed E-state index contributed by atoms with van der Waals surface area (Å²) >= 11 is 5.90. The molecule has 0 unspecified atom stereocenters. The number of benzene rings is 1. The Balaban J connectivity index is 2.40. The Kier molecular flexibility index (Phi) is 3.01. The van der Waals surface area contributed by atoms with E-state index >= 15 is 0 Å². The van der Waals surface area contributed by atoms with E-state index in [1.54, 1.807) is 30.0 Å². The highest BCUT2D eigenvalue weighted by atomic mass is 35.5. The van der Waals surface area contributed by atoms with Crippen molar-refractivity contribution in [3.8, 4) is 11.6 Å². The number of imidazole rings is 1. The monoisotopic (exact) mass is 251 g/mol. The van der Waals surface area contributed by atoms with Gasteiger partial charge >= 0.3 is 6.09 Å². The first kappa shape index (κ1) is 11.5. The molecule has 17 heavy (non-hydrogen) atoms.